The van der Waals surface area contributed by atoms with Crippen molar-refractivity contribution in [3.8, 4) is 0 Å². The van der Waals surface area contributed by atoms with Crippen molar-refractivity contribution in [2.45, 2.75) is 98.1 Å². The Hall–Kier alpha value is -0.0800. The maximum atomic E-state index is 3.77. The molecule has 1 rings (SSSR count). The highest BCUT2D eigenvalue weighted by Crippen LogP contribution is 2.31. The number of hydrogen-bond donors (Lipinski definition) is 1. The summed E-state index contributed by atoms with van der Waals surface area (Å²) in [6, 6.07) is 0.843. The van der Waals surface area contributed by atoms with Gasteiger partial charge in [0.2, 0.25) is 0 Å². The van der Waals surface area contributed by atoms with E-state index < -0.39 is 0 Å². The molecule has 0 aromatic rings. The highest BCUT2D eigenvalue weighted by atomic mass is 15.2. The fraction of sp³-hybridized carbons (Fsp3) is 1.00. The number of nitrogens with one attached hydrogen (secondary N) is 1. The molecule has 126 valence electrons. The minimum Gasteiger partial charge on any atom is -0.311 e. The van der Waals surface area contributed by atoms with E-state index in [2.05, 4.69) is 51.8 Å². The molecular formula is C19H40N2. The number of rotatable bonds is 8. The molecule has 1 aliphatic rings. The molecule has 1 unspecified atom stereocenters. The van der Waals surface area contributed by atoms with Gasteiger partial charge in [-0.1, -0.05) is 33.6 Å². The summed E-state index contributed by atoms with van der Waals surface area (Å²) in [4.78, 5) is 2.82. The van der Waals surface area contributed by atoms with Gasteiger partial charge in [-0.05, 0) is 64.8 Å². The van der Waals surface area contributed by atoms with Crippen LogP contribution in [-0.4, -0.2) is 36.1 Å². The van der Waals surface area contributed by atoms with E-state index in [0.29, 0.717) is 5.41 Å². The smallest absolute Gasteiger partial charge is 0.00967 e. The molecule has 1 atom stereocenters. The summed E-state index contributed by atoms with van der Waals surface area (Å²) in [5.74, 6) is 0. The number of nitrogens with zero attached hydrogens (tertiary/aromatic N) is 1. The van der Waals surface area contributed by atoms with Crippen LogP contribution < -0.4 is 5.32 Å². The number of piperidine rings is 1. The molecule has 2 heteroatoms. The summed E-state index contributed by atoms with van der Waals surface area (Å²) >= 11 is 0. The van der Waals surface area contributed by atoms with E-state index in [4.69, 9.17) is 0 Å². The average molecular weight is 297 g/mol. The van der Waals surface area contributed by atoms with Gasteiger partial charge in [0.05, 0.1) is 0 Å². The van der Waals surface area contributed by atoms with E-state index in [1.807, 2.05) is 0 Å². The lowest BCUT2D eigenvalue weighted by Crippen LogP contribution is -2.51. The van der Waals surface area contributed by atoms with Crippen LogP contribution in [0.25, 0.3) is 0 Å². The van der Waals surface area contributed by atoms with Crippen molar-refractivity contribution in [2.75, 3.05) is 19.6 Å². The molecule has 0 aliphatic carbocycles. The predicted molar refractivity (Wildman–Crippen MR) is 94.9 cm³/mol. The van der Waals surface area contributed by atoms with E-state index in [9.17, 15) is 0 Å². The molecule has 2 nitrogen and oxygen atoms in total. The first kappa shape index (κ1) is 19.0. The first-order valence-corrected chi connectivity index (χ1v) is 9.35. The lowest BCUT2D eigenvalue weighted by atomic mass is 9.79. The maximum Gasteiger partial charge on any atom is 0.00967 e. The summed E-state index contributed by atoms with van der Waals surface area (Å²) < 4.78 is 0. The molecule has 0 bridgehead atoms. The summed E-state index contributed by atoms with van der Waals surface area (Å²) in [6.45, 7) is 17.7. The van der Waals surface area contributed by atoms with E-state index in [0.717, 1.165) is 12.6 Å². The lowest BCUT2D eigenvalue weighted by Gasteiger charge is -2.44. The van der Waals surface area contributed by atoms with Gasteiger partial charge in [-0.15, -0.1) is 0 Å². The standard InChI is InChI=1S/C19H40N2/c1-7-12-17-13-10-11-14-21(17)16-19(8-2,9-3)15-20-18(4,5)6/h17,20H,7-16H2,1-6H3. The van der Waals surface area contributed by atoms with Gasteiger partial charge < -0.3 is 5.32 Å². The zero-order valence-electron chi connectivity index (χ0n) is 15.6. The third kappa shape index (κ3) is 6.28. The summed E-state index contributed by atoms with van der Waals surface area (Å²) in [7, 11) is 0. The molecule has 0 aromatic heterocycles. The second-order valence-corrected chi connectivity index (χ2v) is 8.22. The maximum absolute atomic E-state index is 3.77. The third-order valence-electron chi connectivity index (χ3n) is 5.40. The van der Waals surface area contributed by atoms with Gasteiger partial charge in [-0.3, -0.25) is 4.90 Å². The quantitative estimate of drug-likeness (QED) is 0.690. The molecule has 0 spiro atoms. The SMILES string of the molecule is CCCC1CCCCN1CC(CC)(CC)CNC(C)(C)C. The van der Waals surface area contributed by atoms with E-state index in [-0.39, 0.29) is 5.54 Å². The fourth-order valence-electron chi connectivity index (χ4n) is 3.59. The van der Waals surface area contributed by atoms with Crippen molar-refractivity contribution in [1.82, 2.24) is 10.2 Å². The summed E-state index contributed by atoms with van der Waals surface area (Å²) in [6.07, 6.45) is 9.53. The van der Waals surface area contributed by atoms with Crippen LogP contribution >= 0.6 is 0 Å². The molecule has 1 heterocycles. The Labute approximate surface area is 134 Å². The van der Waals surface area contributed by atoms with E-state index >= 15 is 0 Å². The Morgan fingerprint density at radius 3 is 2.24 bits per heavy atom. The minimum atomic E-state index is 0.223. The number of likely N-dealkylation sites (tertiary alicyclic amines) is 1. The second-order valence-electron chi connectivity index (χ2n) is 8.22. The molecule has 0 saturated carbocycles. The molecule has 0 aromatic carbocycles. The van der Waals surface area contributed by atoms with Crippen LogP contribution in [-0.2, 0) is 0 Å². The van der Waals surface area contributed by atoms with Crippen LogP contribution in [0, 0.1) is 5.41 Å². The Morgan fingerprint density at radius 2 is 1.71 bits per heavy atom. The van der Waals surface area contributed by atoms with Crippen molar-refractivity contribution in [1.29, 1.82) is 0 Å². The fourth-order valence-corrected chi connectivity index (χ4v) is 3.59. The average Bonchev–Trinajstić information content (AvgIpc) is 2.45. The molecule has 1 saturated heterocycles. The van der Waals surface area contributed by atoms with Crippen LogP contribution in [0.4, 0.5) is 0 Å². The topological polar surface area (TPSA) is 15.3 Å². The molecule has 1 aliphatic heterocycles. The lowest BCUT2D eigenvalue weighted by molar-refractivity contribution is 0.0650. The molecule has 1 fully saturated rings. The molecule has 21 heavy (non-hydrogen) atoms. The van der Waals surface area contributed by atoms with Gasteiger partial charge in [-0.25, -0.2) is 0 Å². The van der Waals surface area contributed by atoms with Crippen molar-refractivity contribution in [3.63, 3.8) is 0 Å². The van der Waals surface area contributed by atoms with E-state index in [1.165, 1.54) is 58.0 Å². The minimum absolute atomic E-state index is 0.223. The molecule has 0 amide bonds. The Balaban J connectivity index is 2.70. The van der Waals surface area contributed by atoms with Gasteiger partial charge in [0.25, 0.3) is 0 Å². The van der Waals surface area contributed by atoms with Crippen LogP contribution in [0.5, 0.6) is 0 Å². The largest absolute Gasteiger partial charge is 0.311 e. The molecule has 1 N–H and O–H groups in total. The van der Waals surface area contributed by atoms with Crippen LogP contribution in [0.3, 0.4) is 0 Å². The monoisotopic (exact) mass is 296 g/mol. The normalized spacial score (nSPS) is 21.7. The Bertz CT molecular complexity index is 274. The highest BCUT2D eigenvalue weighted by Gasteiger charge is 2.33. The van der Waals surface area contributed by atoms with Gasteiger partial charge in [0.15, 0.2) is 0 Å². The highest BCUT2D eigenvalue weighted by molar-refractivity contribution is 4.89. The first-order chi connectivity index (χ1) is 9.86. The summed E-state index contributed by atoms with van der Waals surface area (Å²) in [5.41, 5.74) is 0.664. The molecule has 0 radical (unpaired) electrons. The van der Waals surface area contributed by atoms with Crippen LogP contribution in [0.15, 0.2) is 0 Å². The van der Waals surface area contributed by atoms with Crippen LogP contribution in [0.1, 0.15) is 86.5 Å². The summed E-state index contributed by atoms with van der Waals surface area (Å²) in [5, 5.41) is 3.77. The van der Waals surface area contributed by atoms with Gasteiger partial charge in [0, 0.05) is 24.7 Å². The number of hydrogen-bond acceptors (Lipinski definition) is 2. The first-order valence-electron chi connectivity index (χ1n) is 9.35. The van der Waals surface area contributed by atoms with Gasteiger partial charge >= 0.3 is 0 Å². The Kier molecular flexibility index (Phi) is 7.70. The third-order valence-corrected chi connectivity index (χ3v) is 5.40. The van der Waals surface area contributed by atoms with Crippen molar-refractivity contribution >= 4 is 0 Å². The van der Waals surface area contributed by atoms with Crippen molar-refractivity contribution < 1.29 is 0 Å². The van der Waals surface area contributed by atoms with Crippen LogP contribution in [0.2, 0.25) is 0 Å². The predicted octanol–water partition coefficient (Wildman–Crippen LogP) is 4.84. The van der Waals surface area contributed by atoms with Gasteiger partial charge in [0.1, 0.15) is 0 Å². The van der Waals surface area contributed by atoms with Crippen molar-refractivity contribution in [3.05, 3.63) is 0 Å². The zero-order valence-corrected chi connectivity index (χ0v) is 15.6. The van der Waals surface area contributed by atoms with Gasteiger partial charge in [-0.2, -0.15) is 0 Å². The Morgan fingerprint density at radius 1 is 1.05 bits per heavy atom. The zero-order chi connectivity index (χ0) is 15.9. The molecular weight excluding hydrogens is 256 g/mol. The van der Waals surface area contributed by atoms with Crippen molar-refractivity contribution in [2.24, 2.45) is 5.41 Å². The van der Waals surface area contributed by atoms with E-state index in [1.54, 1.807) is 0 Å². The second kappa shape index (κ2) is 8.53.